The van der Waals surface area contributed by atoms with Crippen LogP contribution in [0.3, 0.4) is 0 Å². The molecule has 4 aromatic carbocycles. The van der Waals surface area contributed by atoms with Gasteiger partial charge in [0.15, 0.2) is 0 Å². The molecular weight excluding hydrogens is 450 g/mol. The normalized spacial score (nSPS) is 11.5. The van der Waals surface area contributed by atoms with E-state index in [1.807, 2.05) is 79.7 Å². The van der Waals surface area contributed by atoms with E-state index in [1.165, 1.54) is 5.56 Å². The van der Waals surface area contributed by atoms with Crippen LogP contribution in [0.4, 0.5) is 5.69 Å². The van der Waals surface area contributed by atoms with Crippen molar-refractivity contribution in [2.75, 3.05) is 11.9 Å². The highest BCUT2D eigenvalue weighted by molar-refractivity contribution is 5.96. The summed E-state index contributed by atoms with van der Waals surface area (Å²) in [6.45, 7) is 2.45. The second kappa shape index (κ2) is 11.8. The van der Waals surface area contributed by atoms with E-state index >= 15 is 0 Å². The Hall–Kier alpha value is -4.38. The van der Waals surface area contributed by atoms with Gasteiger partial charge in [-0.05, 0) is 53.4 Å². The molecule has 0 heterocycles. The van der Waals surface area contributed by atoms with Crippen LogP contribution in [0.15, 0.2) is 103 Å². The van der Waals surface area contributed by atoms with E-state index in [2.05, 4.69) is 17.4 Å². The zero-order valence-corrected chi connectivity index (χ0v) is 20.2. The van der Waals surface area contributed by atoms with Gasteiger partial charge in [-0.1, -0.05) is 78.9 Å². The quantitative estimate of drug-likeness (QED) is 0.278. The van der Waals surface area contributed by atoms with E-state index in [0.29, 0.717) is 24.3 Å². The van der Waals surface area contributed by atoms with Crippen molar-refractivity contribution in [1.29, 1.82) is 0 Å². The van der Waals surface area contributed by atoms with Crippen molar-refractivity contribution in [3.05, 3.63) is 131 Å². The molecule has 0 spiro atoms. The number of carboxylic acids is 1. The average Bonchev–Trinajstić information content (AvgIpc) is 2.90. The van der Waals surface area contributed by atoms with Gasteiger partial charge in [-0.2, -0.15) is 0 Å². The molecule has 5 heteroatoms. The lowest BCUT2D eigenvalue weighted by molar-refractivity contribution is -0.117. The molecule has 2 N–H and O–H groups in total. The van der Waals surface area contributed by atoms with Gasteiger partial charge >= 0.3 is 5.97 Å². The number of nitrogens with one attached hydrogen (secondary N) is 1. The van der Waals surface area contributed by atoms with Crippen LogP contribution in [-0.2, 0) is 17.6 Å². The number of benzene rings is 4. The summed E-state index contributed by atoms with van der Waals surface area (Å²) < 4.78 is 5.86. The first-order valence-corrected chi connectivity index (χ1v) is 12.0. The predicted molar refractivity (Wildman–Crippen MR) is 142 cm³/mol. The number of ether oxygens (including phenoxy) is 1. The van der Waals surface area contributed by atoms with Gasteiger partial charge in [0, 0.05) is 18.5 Å². The fraction of sp³-hybridized carbons (Fsp3) is 0.161. The van der Waals surface area contributed by atoms with Crippen LogP contribution in [0, 0.1) is 0 Å². The lowest BCUT2D eigenvalue weighted by Gasteiger charge is -2.16. The van der Waals surface area contributed by atoms with Crippen LogP contribution >= 0.6 is 0 Å². The monoisotopic (exact) mass is 479 g/mol. The van der Waals surface area contributed by atoms with Crippen molar-refractivity contribution in [2.45, 2.75) is 25.7 Å². The molecule has 1 atom stereocenters. The van der Waals surface area contributed by atoms with Gasteiger partial charge in [0.25, 0.3) is 0 Å². The molecule has 0 aliphatic rings. The zero-order valence-electron chi connectivity index (χ0n) is 20.2. The molecule has 0 aliphatic carbocycles. The minimum absolute atomic E-state index is 0.133. The van der Waals surface area contributed by atoms with Crippen LogP contribution in [0.25, 0.3) is 0 Å². The smallest absolute Gasteiger partial charge is 0.335 e. The third-order valence-electron chi connectivity index (χ3n) is 6.18. The summed E-state index contributed by atoms with van der Waals surface area (Å²) in [7, 11) is 0. The number of aromatic carboxylic acids is 1. The minimum atomic E-state index is -0.965. The summed E-state index contributed by atoms with van der Waals surface area (Å²) in [5.41, 5.74) is 4.60. The van der Waals surface area contributed by atoms with E-state index in [1.54, 1.807) is 18.2 Å². The Labute approximate surface area is 211 Å². The molecular formula is C31H29NO4. The van der Waals surface area contributed by atoms with Crippen molar-refractivity contribution >= 4 is 17.6 Å². The molecule has 0 radical (unpaired) electrons. The highest BCUT2D eigenvalue weighted by Gasteiger charge is 2.18. The van der Waals surface area contributed by atoms with Crippen LogP contribution in [0.2, 0.25) is 0 Å². The number of anilines is 1. The largest absolute Gasteiger partial charge is 0.493 e. The first-order valence-electron chi connectivity index (χ1n) is 12.0. The van der Waals surface area contributed by atoms with Crippen molar-refractivity contribution in [3.8, 4) is 5.75 Å². The summed E-state index contributed by atoms with van der Waals surface area (Å²) in [6, 6.07) is 32.2. The molecule has 0 aromatic heterocycles. The Morgan fingerprint density at radius 1 is 0.806 bits per heavy atom. The molecule has 1 amide bonds. The Morgan fingerprint density at radius 3 is 2.17 bits per heavy atom. The minimum Gasteiger partial charge on any atom is -0.493 e. The molecule has 1 unspecified atom stereocenters. The van der Waals surface area contributed by atoms with Crippen molar-refractivity contribution < 1.29 is 19.4 Å². The summed E-state index contributed by atoms with van der Waals surface area (Å²) >= 11 is 0. The van der Waals surface area contributed by atoms with Gasteiger partial charge in [-0.15, -0.1) is 0 Å². The van der Waals surface area contributed by atoms with E-state index in [0.717, 1.165) is 23.3 Å². The maximum absolute atomic E-state index is 13.1. The first-order chi connectivity index (χ1) is 17.5. The number of hydrogen-bond donors (Lipinski definition) is 2. The number of carboxylic acid groups (broad SMARTS) is 1. The number of amides is 1. The van der Waals surface area contributed by atoms with Crippen LogP contribution in [0.1, 0.15) is 45.5 Å². The summed E-state index contributed by atoms with van der Waals surface area (Å²) in [6.07, 6.45) is 1.24. The van der Waals surface area contributed by atoms with Crippen molar-refractivity contribution in [2.24, 2.45) is 0 Å². The Bertz CT molecular complexity index is 1320. The maximum atomic E-state index is 13.1. The van der Waals surface area contributed by atoms with Gasteiger partial charge in [0.2, 0.25) is 5.91 Å². The SMILES string of the molecule is CC(C(=O)Nc1ccccc1Cc1ccccc1C(=O)O)c1ccc(OCCc2ccccc2)cc1. The molecule has 182 valence electrons. The van der Waals surface area contributed by atoms with Crippen LogP contribution in [-0.4, -0.2) is 23.6 Å². The zero-order chi connectivity index (χ0) is 25.3. The summed E-state index contributed by atoms with van der Waals surface area (Å²) in [5.74, 6) is -0.701. The topological polar surface area (TPSA) is 75.6 Å². The van der Waals surface area contributed by atoms with E-state index < -0.39 is 5.97 Å². The number of carbonyl (C=O) groups is 2. The van der Waals surface area contributed by atoms with Crippen LogP contribution < -0.4 is 10.1 Å². The standard InChI is InChI=1S/C31H29NO4/c1-22(24-15-17-27(18-16-24)36-20-19-23-9-3-2-4-10-23)30(33)32-29-14-8-6-12-26(29)21-25-11-5-7-13-28(25)31(34)35/h2-18,22H,19-21H2,1H3,(H,32,33)(H,34,35). The Balaban J connectivity index is 1.38. The maximum Gasteiger partial charge on any atom is 0.335 e. The lowest BCUT2D eigenvalue weighted by atomic mass is 9.97. The fourth-order valence-corrected chi connectivity index (χ4v) is 4.06. The van der Waals surface area contributed by atoms with E-state index in [9.17, 15) is 14.7 Å². The average molecular weight is 480 g/mol. The first kappa shape index (κ1) is 24.7. The Kier molecular flexibility index (Phi) is 8.14. The highest BCUT2D eigenvalue weighted by atomic mass is 16.5. The summed E-state index contributed by atoms with van der Waals surface area (Å²) in [4.78, 5) is 24.7. The second-order valence-electron chi connectivity index (χ2n) is 8.66. The van der Waals surface area contributed by atoms with Gasteiger partial charge in [0.05, 0.1) is 18.1 Å². The summed E-state index contributed by atoms with van der Waals surface area (Å²) in [5, 5.41) is 12.5. The number of para-hydroxylation sites is 1. The Morgan fingerprint density at radius 2 is 1.44 bits per heavy atom. The third kappa shape index (κ3) is 6.39. The second-order valence-corrected chi connectivity index (χ2v) is 8.66. The molecule has 5 nitrogen and oxygen atoms in total. The fourth-order valence-electron chi connectivity index (χ4n) is 4.06. The van der Waals surface area contributed by atoms with Crippen LogP contribution in [0.5, 0.6) is 5.75 Å². The molecule has 4 rings (SSSR count). The molecule has 0 saturated heterocycles. The molecule has 0 aliphatic heterocycles. The number of rotatable bonds is 10. The molecule has 36 heavy (non-hydrogen) atoms. The molecule has 0 bridgehead atoms. The molecule has 0 saturated carbocycles. The van der Waals surface area contributed by atoms with Crippen molar-refractivity contribution in [1.82, 2.24) is 0 Å². The van der Waals surface area contributed by atoms with Gasteiger partial charge < -0.3 is 15.2 Å². The van der Waals surface area contributed by atoms with Crippen molar-refractivity contribution in [3.63, 3.8) is 0 Å². The van der Waals surface area contributed by atoms with Gasteiger partial charge in [-0.25, -0.2) is 4.79 Å². The van der Waals surface area contributed by atoms with E-state index in [-0.39, 0.29) is 17.4 Å². The lowest BCUT2D eigenvalue weighted by Crippen LogP contribution is -2.20. The number of hydrogen-bond acceptors (Lipinski definition) is 3. The van der Waals surface area contributed by atoms with E-state index in [4.69, 9.17) is 4.74 Å². The third-order valence-corrected chi connectivity index (χ3v) is 6.18. The van der Waals surface area contributed by atoms with Gasteiger partial charge in [0.1, 0.15) is 5.75 Å². The van der Waals surface area contributed by atoms with Gasteiger partial charge in [-0.3, -0.25) is 4.79 Å². The number of carbonyl (C=O) groups excluding carboxylic acids is 1. The molecule has 4 aromatic rings. The molecule has 0 fully saturated rings. The predicted octanol–water partition coefficient (Wildman–Crippen LogP) is 6.34. The highest BCUT2D eigenvalue weighted by Crippen LogP contribution is 2.25.